The van der Waals surface area contributed by atoms with Crippen molar-refractivity contribution in [3.05, 3.63) is 52.4 Å². The third-order valence-electron chi connectivity index (χ3n) is 6.38. The molecule has 0 amide bonds. The van der Waals surface area contributed by atoms with E-state index in [4.69, 9.17) is 14.2 Å². The number of hydrogen-bond donors (Lipinski definition) is 1. The Bertz CT molecular complexity index is 1010. The minimum atomic E-state index is -0.928. The van der Waals surface area contributed by atoms with Gasteiger partial charge in [-0.2, -0.15) is 0 Å². The summed E-state index contributed by atoms with van der Waals surface area (Å²) in [6, 6.07) is 7.37. The molecule has 1 aliphatic heterocycles. The van der Waals surface area contributed by atoms with Gasteiger partial charge in [0, 0.05) is 22.5 Å². The topological polar surface area (TPSA) is 90.9 Å². The number of hydrogen-bond acceptors (Lipinski definition) is 7. The molecule has 0 aromatic heterocycles. The molecule has 3 rings (SSSR count). The number of allylic oxidation sites excluding steroid dienone is 3. The van der Waals surface area contributed by atoms with E-state index in [9.17, 15) is 14.4 Å². The molecule has 1 aromatic rings. The molecule has 33 heavy (non-hydrogen) atoms. The zero-order valence-electron chi connectivity index (χ0n) is 20.2. The molecule has 1 aromatic carbocycles. The van der Waals surface area contributed by atoms with Gasteiger partial charge in [-0.15, -0.1) is 0 Å². The molecule has 1 aliphatic carbocycles. The third kappa shape index (κ3) is 4.68. The van der Waals surface area contributed by atoms with Crippen LogP contribution in [-0.4, -0.2) is 37.5 Å². The zero-order valence-corrected chi connectivity index (χ0v) is 20.2. The Hall–Kier alpha value is -3.09. The lowest BCUT2D eigenvalue weighted by Crippen LogP contribution is -2.43. The summed E-state index contributed by atoms with van der Waals surface area (Å²) in [5.41, 5.74) is 2.80. The number of esters is 2. The van der Waals surface area contributed by atoms with Gasteiger partial charge in [-0.25, -0.2) is 4.79 Å². The van der Waals surface area contributed by atoms with Crippen LogP contribution >= 0.6 is 0 Å². The van der Waals surface area contributed by atoms with Crippen molar-refractivity contribution in [3.8, 4) is 5.75 Å². The lowest BCUT2D eigenvalue weighted by Gasteiger charge is -2.38. The van der Waals surface area contributed by atoms with Crippen LogP contribution in [0.25, 0.3) is 0 Å². The summed E-state index contributed by atoms with van der Waals surface area (Å²) >= 11 is 0. The minimum Gasteiger partial charge on any atom is -0.494 e. The number of carbonyl (C=O) groups is 3. The standard InChI is InChI=1S/C26H33NO6/c1-7-15(4)33-26(30)21-16(5)27-18-13-14(3)20(25(29)31-6)24(28)23(18)22(21)17-11-9-10-12-19(17)32-8-2/h9-12,14-15,20,22,27H,7-8,13H2,1-6H3/t14-,15+,20-,22+/m1/s1. The van der Waals surface area contributed by atoms with E-state index in [1.807, 2.05) is 58.9 Å². The largest absolute Gasteiger partial charge is 0.494 e. The average Bonchev–Trinajstić information content (AvgIpc) is 2.78. The number of ether oxygens (including phenoxy) is 3. The molecule has 1 heterocycles. The van der Waals surface area contributed by atoms with Crippen molar-refractivity contribution < 1.29 is 28.6 Å². The van der Waals surface area contributed by atoms with Gasteiger partial charge in [-0.05, 0) is 45.6 Å². The van der Waals surface area contributed by atoms with E-state index in [2.05, 4.69) is 5.32 Å². The van der Waals surface area contributed by atoms with Crippen molar-refractivity contribution in [2.45, 2.75) is 59.5 Å². The van der Waals surface area contributed by atoms with Gasteiger partial charge >= 0.3 is 11.9 Å². The van der Waals surface area contributed by atoms with Gasteiger partial charge in [0.1, 0.15) is 11.7 Å². The van der Waals surface area contributed by atoms with Crippen molar-refractivity contribution in [2.75, 3.05) is 13.7 Å². The Morgan fingerprint density at radius 1 is 1.21 bits per heavy atom. The number of dihydropyridines is 1. The lowest BCUT2D eigenvalue weighted by molar-refractivity contribution is -0.151. The fourth-order valence-corrected chi connectivity index (χ4v) is 4.60. The Labute approximate surface area is 195 Å². The highest BCUT2D eigenvalue weighted by Crippen LogP contribution is 2.47. The third-order valence-corrected chi connectivity index (χ3v) is 6.38. The predicted molar refractivity (Wildman–Crippen MR) is 123 cm³/mol. The summed E-state index contributed by atoms with van der Waals surface area (Å²) in [5.74, 6) is -2.68. The zero-order chi connectivity index (χ0) is 24.3. The smallest absolute Gasteiger partial charge is 0.337 e. The summed E-state index contributed by atoms with van der Waals surface area (Å²) in [7, 11) is 1.28. The number of para-hydroxylation sites is 1. The number of nitrogens with one attached hydrogen (secondary N) is 1. The fourth-order valence-electron chi connectivity index (χ4n) is 4.60. The molecular weight excluding hydrogens is 422 g/mol. The molecule has 2 aliphatic rings. The van der Waals surface area contributed by atoms with E-state index < -0.39 is 23.8 Å². The molecule has 0 saturated carbocycles. The molecule has 1 N–H and O–H groups in total. The predicted octanol–water partition coefficient (Wildman–Crippen LogP) is 4.04. The van der Waals surface area contributed by atoms with Crippen molar-refractivity contribution in [1.29, 1.82) is 0 Å². The van der Waals surface area contributed by atoms with Crippen LogP contribution in [0, 0.1) is 11.8 Å². The number of rotatable bonds is 7. The summed E-state index contributed by atoms with van der Waals surface area (Å²) in [6.07, 6.45) is 0.875. The SMILES string of the molecule is CCOc1ccccc1[C@H]1C(C(=O)O[C@@H](C)CC)=C(C)NC2=C1C(=O)[C@H](C(=O)OC)[C@H](C)C2. The van der Waals surface area contributed by atoms with Crippen molar-refractivity contribution in [3.63, 3.8) is 0 Å². The molecule has 7 heteroatoms. The molecule has 0 fully saturated rings. The maximum Gasteiger partial charge on any atom is 0.337 e. The number of ketones is 1. The van der Waals surface area contributed by atoms with E-state index >= 15 is 0 Å². The maximum absolute atomic E-state index is 13.8. The number of methoxy groups -OCH3 is 1. The summed E-state index contributed by atoms with van der Waals surface area (Å²) in [5, 5.41) is 3.27. The van der Waals surface area contributed by atoms with Gasteiger partial charge < -0.3 is 19.5 Å². The Kier molecular flexibility index (Phi) is 7.61. The Morgan fingerprint density at radius 3 is 2.55 bits per heavy atom. The fraction of sp³-hybridized carbons (Fsp3) is 0.500. The van der Waals surface area contributed by atoms with Crippen LogP contribution in [0.1, 0.15) is 58.9 Å². The first-order valence-corrected chi connectivity index (χ1v) is 11.5. The van der Waals surface area contributed by atoms with Gasteiger partial charge in [-0.3, -0.25) is 9.59 Å². The minimum absolute atomic E-state index is 0.236. The molecule has 0 spiro atoms. The molecule has 178 valence electrons. The van der Waals surface area contributed by atoms with Gasteiger partial charge in [0.25, 0.3) is 0 Å². The van der Waals surface area contributed by atoms with Gasteiger partial charge in [0.15, 0.2) is 5.78 Å². The second kappa shape index (κ2) is 10.2. The Balaban J connectivity index is 2.21. The molecule has 0 bridgehead atoms. The number of carbonyl (C=O) groups excluding carboxylic acids is 3. The number of benzene rings is 1. The number of Topliss-reactive ketones (excluding diaryl/α,β-unsaturated/α-hetero) is 1. The molecule has 4 atom stereocenters. The quantitative estimate of drug-likeness (QED) is 0.490. The second-order valence-corrected chi connectivity index (χ2v) is 8.63. The van der Waals surface area contributed by atoms with Crippen molar-refractivity contribution in [1.82, 2.24) is 5.32 Å². The van der Waals surface area contributed by atoms with Gasteiger partial charge in [0.2, 0.25) is 0 Å². The monoisotopic (exact) mass is 455 g/mol. The van der Waals surface area contributed by atoms with Gasteiger partial charge in [0.05, 0.1) is 31.3 Å². The summed E-state index contributed by atoms with van der Waals surface area (Å²) in [6.45, 7) is 9.75. The van der Waals surface area contributed by atoms with Crippen LogP contribution in [0.4, 0.5) is 0 Å². The van der Waals surface area contributed by atoms with Gasteiger partial charge in [-0.1, -0.05) is 32.0 Å². The van der Waals surface area contributed by atoms with Crippen molar-refractivity contribution >= 4 is 17.7 Å². The summed E-state index contributed by atoms with van der Waals surface area (Å²) < 4.78 is 16.5. The maximum atomic E-state index is 13.8. The second-order valence-electron chi connectivity index (χ2n) is 8.63. The molecule has 7 nitrogen and oxygen atoms in total. The van der Waals surface area contributed by atoms with Crippen LogP contribution in [-0.2, 0) is 23.9 Å². The van der Waals surface area contributed by atoms with Crippen LogP contribution in [0.2, 0.25) is 0 Å². The lowest BCUT2D eigenvalue weighted by atomic mass is 9.69. The van der Waals surface area contributed by atoms with E-state index in [-0.39, 0.29) is 17.8 Å². The van der Waals surface area contributed by atoms with Crippen LogP contribution < -0.4 is 10.1 Å². The van der Waals surface area contributed by atoms with Crippen LogP contribution in [0.15, 0.2) is 46.8 Å². The average molecular weight is 456 g/mol. The molecule has 0 radical (unpaired) electrons. The highest BCUT2D eigenvalue weighted by Gasteiger charge is 2.47. The highest BCUT2D eigenvalue weighted by molar-refractivity contribution is 6.12. The molecule has 0 unspecified atom stereocenters. The Morgan fingerprint density at radius 2 is 1.91 bits per heavy atom. The van der Waals surface area contributed by atoms with E-state index in [1.54, 1.807) is 0 Å². The molecule has 0 saturated heterocycles. The first-order valence-electron chi connectivity index (χ1n) is 11.5. The van der Waals surface area contributed by atoms with Crippen LogP contribution in [0.3, 0.4) is 0 Å². The van der Waals surface area contributed by atoms with E-state index in [0.29, 0.717) is 47.6 Å². The first-order chi connectivity index (χ1) is 15.7. The van der Waals surface area contributed by atoms with E-state index in [1.165, 1.54) is 7.11 Å². The molecular formula is C26H33NO6. The van der Waals surface area contributed by atoms with Crippen LogP contribution in [0.5, 0.6) is 5.75 Å². The highest BCUT2D eigenvalue weighted by atomic mass is 16.5. The summed E-state index contributed by atoms with van der Waals surface area (Å²) in [4.78, 5) is 39.6. The first kappa shape index (κ1) is 24.6. The normalized spacial score (nSPS) is 23.5. The van der Waals surface area contributed by atoms with Crippen molar-refractivity contribution in [2.24, 2.45) is 11.8 Å². The van der Waals surface area contributed by atoms with E-state index in [0.717, 1.165) is 5.70 Å².